The molecular weight excluding hydrogens is 152 g/mol. The summed E-state index contributed by atoms with van der Waals surface area (Å²) in [6.07, 6.45) is -0.125. The molecule has 1 aromatic heterocycles. The highest BCUT2D eigenvalue weighted by atomic mass is 16.4. The predicted octanol–water partition coefficient (Wildman–Crippen LogP) is -0.554. The highest BCUT2D eigenvalue weighted by Gasteiger charge is 2.15. The number of anilines is 1. The number of H-pyrrole nitrogens is 1. The molecule has 0 aliphatic carbocycles. The normalized spacial score (nSPS) is 9.09. The van der Waals surface area contributed by atoms with Gasteiger partial charge in [0.25, 0.3) is 5.95 Å². The zero-order valence-electron chi connectivity index (χ0n) is 5.26. The number of amides is 2. The van der Waals surface area contributed by atoms with Crippen LogP contribution in [0.4, 0.5) is 10.7 Å². The molecule has 2 N–H and O–H groups in total. The summed E-state index contributed by atoms with van der Waals surface area (Å²) in [5.41, 5.74) is 0. The monoisotopic (exact) mass is 156 g/mol. The van der Waals surface area contributed by atoms with Crippen LogP contribution in [-0.4, -0.2) is 32.8 Å². The third kappa shape index (κ3) is 1.31. The second-order valence-corrected chi connectivity index (χ2v) is 1.56. The van der Waals surface area contributed by atoms with E-state index in [2.05, 4.69) is 15.2 Å². The zero-order valence-corrected chi connectivity index (χ0v) is 5.26. The van der Waals surface area contributed by atoms with Crippen molar-refractivity contribution in [3.63, 3.8) is 0 Å². The Morgan fingerprint density at radius 2 is 2.55 bits per heavy atom. The molecule has 0 aliphatic heterocycles. The maximum absolute atomic E-state index is 10.2. The van der Waals surface area contributed by atoms with Crippen LogP contribution in [0, 0.1) is 0 Å². The first-order chi connectivity index (χ1) is 5.25. The van der Waals surface area contributed by atoms with Gasteiger partial charge in [0.05, 0.1) is 0 Å². The first-order valence-corrected chi connectivity index (χ1v) is 2.59. The Balaban J connectivity index is 2.88. The van der Waals surface area contributed by atoms with Gasteiger partial charge in [-0.05, 0) is 0 Å². The molecule has 1 heterocycles. The molecule has 0 saturated heterocycles. The number of carbonyl (C=O) groups is 2. The van der Waals surface area contributed by atoms with E-state index in [-0.39, 0.29) is 12.4 Å². The van der Waals surface area contributed by atoms with E-state index in [0.717, 1.165) is 0 Å². The molecule has 0 unspecified atom stereocenters. The standard InChI is InChI=1S/C4H4N4O3/c9-2-8(4(10)11)3-5-1-6-7-3/h1-2H,(H,10,11)(H,5,6,7). The van der Waals surface area contributed by atoms with Gasteiger partial charge in [-0.3, -0.25) is 9.89 Å². The van der Waals surface area contributed by atoms with Gasteiger partial charge >= 0.3 is 6.09 Å². The van der Waals surface area contributed by atoms with E-state index in [9.17, 15) is 9.59 Å². The van der Waals surface area contributed by atoms with Crippen molar-refractivity contribution in [2.45, 2.75) is 0 Å². The number of carboxylic acid groups (broad SMARTS) is 1. The lowest BCUT2D eigenvalue weighted by Gasteiger charge is -2.03. The van der Waals surface area contributed by atoms with Crippen LogP contribution in [0.3, 0.4) is 0 Å². The number of aromatic nitrogens is 3. The first-order valence-electron chi connectivity index (χ1n) is 2.59. The molecule has 1 aromatic rings. The fourth-order valence-corrected chi connectivity index (χ4v) is 0.496. The zero-order chi connectivity index (χ0) is 8.27. The van der Waals surface area contributed by atoms with E-state index in [4.69, 9.17) is 5.11 Å². The number of nitrogens with one attached hydrogen (secondary N) is 1. The molecule has 1 rings (SSSR count). The second-order valence-electron chi connectivity index (χ2n) is 1.56. The Kier molecular flexibility index (Phi) is 1.81. The minimum Gasteiger partial charge on any atom is -0.464 e. The summed E-state index contributed by atoms with van der Waals surface area (Å²) in [4.78, 5) is 24.1. The Morgan fingerprint density at radius 3 is 2.91 bits per heavy atom. The fourth-order valence-electron chi connectivity index (χ4n) is 0.496. The number of imide groups is 1. The lowest BCUT2D eigenvalue weighted by atomic mass is 10.8. The van der Waals surface area contributed by atoms with Gasteiger partial charge in [0.15, 0.2) is 0 Å². The Morgan fingerprint density at radius 1 is 1.82 bits per heavy atom. The average Bonchev–Trinajstić information content (AvgIpc) is 2.40. The minimum absolute atomic E-state index is 0.117. The third-order valence-corrected chi connectivity index (χ3v) is 0.929. The summed E-state index contributed by atoms with van der Waals surface area (Å²) in [7, 11) is 0. The van der Waals surface area contributed by atoms with Crippen LogP contribution in [0.1, 0.15) is 0 Å². The van der Waals surface area contributed by atoms with Gasteiger partial charge in [-0.1, -0.05) is 0 Å². The van der Waals surface area contributed by atoms with Crippen LogP contribution in [0.25, 0.3) is 0 Å². The van der Waals surface area contributed by atoms with E-state index in [1.165, 1.54) is 6.33 Å². The van der Waals surface area contributed by atoms with Crippen LogP contribution in [0.15, 0.2) is 6.33 Å². The Hall–Kier alpha value is -1.92. The van der Waals surface area contributed by atoms with Gasteiger partial charge < -0.3 is 5.11 Å². The second kappa shape index (κ2) is 2.78. The highest BCUT2D eigenvalue weighted by molar-refractivity contribution is 6.00. The summed E-state index contributed by atoms with van der Waals surface area (Å²) in [6, 6.07) is 0. The van der Waals surface area contributed by atoms with Crippen LogP contribution < -0.4 is 4.90 Å². The van der Waals surface area contributed by atoms with Crippen LogP contribution in [0.5, 0.6) is 0 Å². The quantitative estimate of drug-likeness (QED) is 0.559. The van der Waals surface area contributed by atoms with Crippen molar-refractivity contribution in [1.82, 2.24) is 15.2 Å². The SMILES string of the molecule is O=CN(C(=O)O)c1nc[nH]n1. The number of aromatic amines is 1. The van der Waals surface area contributed by atoms with Gasteiger partial charge in [-0.25, -0.2) is 4.79 Å². The summed E-state index contributed by atoms with van der Waals surface area (Å²) in [5.74, 6) is -0.187. The molecule has 0 spiro atoms. The number of nitrogens with zero attached hydrogens (tertiary/aromatic N) is 3. The van der Waals surface area contributed by atoms with Crippen molar-refractivity contribution >= 4 is 18.5 Å². The maximum atomic E-state index is 10.2. The molecule has 58 valence electrons. The van der Waals surface area contributed by atoms with Crippen molar-refractivity contribution in [2.24, 2.45) is 0 Å². The lowest BCUT2D eigenvalue weighted by molar-refractivity contribution is -0.107. The Bertz CT molecular complexity index is 256. The van der Waals surface area contributed by atoms with Gasteiger partial charge in [-0.15, -0.1) is 5.10 Å². The van der Waals surface area contributed by atoms with E-state index >= 15 is 0 Å². The average molecular weight is 156 g/mol. The predicted molar refractivity (Wildman–Crippen MR) is 33.0 cm³/mol. The number of rotatable bonds is 2. The third-order valence-electron chi connectivity index (χ3n) is 0.929. The van der Waals surface area contributed by atoms with Gasteiger partial charge in [0.2, 0.25) is 6.41 Å². The summed E-state index contributed by atoms with van der Waals surface area (Å²) >= 11 is 0. The molecular formula is C4H4N4O3. The molecule has 0 aromatic carbocycles. The molecule has 11 heavy (non-hydrogen) atoms. The largest absolute Gasteiger partial charge is 0.464 e. The van der Waals surface area contributed by atoms with Crippen molar-refractivity contribution in [1.29, 1.82) is 0 Å². The molecule has 0 radical (unpaired) electrons. The first kappa shape index (κ1) is 7.19. The minimum atomic E-state index is -1.42. The van der Waals surface area contributed by atoms with Crippen LogP contribution in [-0.2, 0) is 4.79 Å². The topological polar surface area (TPSA) is 99.2 Å². The summed E-state index contributed by atoms with van der Waals surface area (Å²) < 4.78 is 0. The van der Waals surface area contributed by atoms with E-state index in [0.29, 0.717) is 4.90 Å². The molecule has 0 fully saturated rings. The lowest BCUT2D eigenvalue weighted by Crippen LogP contribution is -2.28. The van der Waals surface area contributed by atoms with Crippen LogP contribution >= 0.6 is 0 Å². The molecule has 0 atom stereocenters. The number of carbonyl (C=O) groups excluding carboxylic acids is 1. The van der Waals surface area contributed by atoms with E-state index in [1.54, 1.807) is 0 Å². The highest BCUT2D eigenvalue weighted by Crippen LogP contribution is 2.00. The van der Waals surface area contributed by atoms with Crippen LogP contribution in [0.2, 0.25) is 0 Å². The van der Waals surface area contributed by atoms with Gasteiger partial charge in [0, 0.05) is 0 Å². The van der Waals surface area contributed by atoms with Gasteiger partial charge in [-0.2, -0.15) is 9.88 Å². The Labute approximate surface area is 60.7 Å². The van der Waals surface area contributed by atoms with Crippen molar-refractivity contribution in [3.8, 4) is 0 Å². The molecule has 7 heteroatoms. The molecule has 0 aliphatic rings. The van der Waals surface area contributed by atoms with E-state index in [1.807, 2.05) is 0 Å². The molecule has 0 bridgehead atoms. The smallest absolute Gasteiger partial charge is 0.421 e. The van der Waals surface area contributed by atoms with Gasteiger partial charge in [0.1, 0.15) is 6.33 Å². The van der Waals surface area contributed by atoms with E-state index < -0.39 is 6.09 Å². The maximum Gasteiger partial charge on any atom is 0.421 e. The molecule has 7 nitrogen and oxygen atoms in total. The van der Waals surface area contributed by atoms with Crippen molar-refractivity contribution in [3.05, 3.63) is 6.33 Å². The van der Waals surface area contributed by atoms with Crippen molar-refractivity contribution in [2.75, 3.05) is 4.90 Å². The number of hydrogen-bond acceptors (Lipinski definition) is 4. The fraction of sp³-hybridized carbons (Fsp3) is 0. The molecule has 2 amide bonds. The number of hydrogen-bond donors (Lipinski definition) is 2. The summed E-state index contributed by atoms with van der Waals surface area (Å²) in [6.45, 7) is 0. The summed E-state index contributed by atoms with van der Waals surface area (Å²) in [5, 5.41) is 14.0. The van der Waals surface area contributed by atoms with Crippen molar-refractivity contribution < 1.29 is 14.7 Å². The molecule has 0 saturated carbocycles.